The topological polar surface area (TPSA) is 47.7 Å². The van der Waals surface area contributed by atoms with Gasteiger partial charge in [-0.25, -0.2) is 0 Å². The zero-order chi connectivity index (χ0) is 14.5. The third-order valence-electron chi connectivity index (χ3n) is 3.44. The molecule has 2 rings (SSSR count). The molecule has 5 nitrogen and oxygen atoms in total. The van der Waals surface area contributed by atoms with Crippen molar-refractivity contribution >= 4 is 5.82 Å². The van der Waals surface area contributed by atoms with E-state index in [9.17, 15) is 0 Å². The van der Waals surface area contributed by atoms with Crippen LogP contribution < -0.4 is 5.32 Å². The van der Waals surface area contributed by atoms with E-state index in [1.165, 1.54) is 5.69 Å². The number of rotatable bonds is 7. The molecule has 0 saturated carbocycles. The minimum atomic E-state index is 0.442. The molecule has 0 amide bonds. The molecule has 0 radical (unpaired) electrons. The number of nitrogens with zero attached hydrogens (tertiary/aromatic N) is 4. The summed E-state index contributed by atoms with van der Waals surface area (Å²) in [5, 5.41) is 12.3. The molecule has 2 aromatic heterocycles. The molecule has 0 bridgehead atoms. The maximum Gasteiger partial charge on any atom is 0.148 e. The Morgan fingerprint density at radius 1 is 1.25 bits per heavy atom. The quantitative estimate of drug-likeness (QED) is 0.843. The largest absolute Gasteiger partial charge is 0.363 e. The van der Waals surface area contributed by atoms with Crippen LogP contribution in [0, 0.1) is 5.92 Å². The van der Waals surface area contributed by atoms with Crippen LogP contribution in [0.5, 0.6) is 0 Å². The smallest absolute Gasteiger partial charge is 0.148 e. The second kappa shape index (κ2) is 6.59. The molecule has 0 aromatic carbocycles. The number of nitrogens with one attached hydrogen (secondary N) is 1. The van der Waals surface area contributed by atoms with Crippen molar-refractivity contribution in [3.05, 3.63) is 30.2 Å². The van der Waals surface area contributed by atoms with Gasteiger partial charge in [0, 0.05) is 31.0 Å². The van der Waals surface area contributed by atoms with Crippen molar-refractivity contribution < 1.29 is 0 Å². The van der Waals surface area contributed by atoms with Gasteiger partial charge in [0.05, 0.1) is 12.2 Å². The number of aromatic nitrogens is 4. The first-order chi connectivity index (χ1) is 9.60. The van der Waals surface area contributed by atoms with E-state index in [1.807, 2.05) is 23.1 Å². The summed E-state index contributed by atoms with van der Waals surface area (Å²) in [6.45, 7) is 10.5. The monoisotopic (exact) mass is 275 g/mol. The van der Waals surface area contributed by atoms with E-state index in [2.05, 4.69) is 54.0 Å². The van der Waals surface area contributed by atoms with Gasteiger partial charge in [-0.3, -0.25) is 9.36 Å². The fraction of sp³-hybridized carbons (Fsp3) is 0.600. The lowest BCUT2D eigenvalue weighted by molar-refractivity contribution is 0.469. The first-order valence-electron chi connectivity index (χ1n) is 7.39. The Labute approximate surface area is 121 Å². The first kappa shape index (κ1) is 14.6. The Hall–Kier alpha value is -1.78. The van der Waals surface area contributed by atoms with Crippen molar-refractivity contribution in [3.63, 3.8) is 0 Å². The molecule has 0 saturated heterocycles. The minimum absolute atomic E-state index is 0.442. The molecule has 1 unspecified atom stereocenters. The number of anilines is 1. The van der Waals surface area contributed by atoms with Crippen LogP contribution in [-0.4, -0.2) is 19.6 Å². The third kappa shape index (κ3) is 3.62. The van der Waals surface area contributed by atoms with E-state index in [0.29, 0.717) is 12.0 Å². The lowest BCUT2D eigenvalue weighted by Crippen LogP contribution is -2.13. The summed E-state index contributed by atoms with van der Waals surface area (Å²) in [6.07, 6.45) is 4.97. The van der Waals surface area contributed by atoms with Crippen molar-refractivity contribution in [3.8, 4) is 0 Å². The van der Waals surface area contributed by atoms with Crippen LogP contribution in [0.25, 0.3) is 0 Å². The van der Waals surface area contributed by atoms with Crippen molar-refractivity contribution in [1.29, 1.82) is 0 Å². The predicted molar refractivity (Wildman–Crippen MR) is 81.6 cm³/mol. The lowest BCUT2D eigenvalue weighted by atomic mass is 10.2. The SMILES string of the molecule is CCC(C)n1ccc(NCc2ccnn2CC(C)C)n1. The van der Waals surface area contributed by atoms with Crippen molar-refractivity contribution in [2.75, 3.05) is 5.32 Å². The molecule has 110 valence electrons. The summed E-state index contributed by atoms with van der Waals surface area (Å²) in [4.78, 5) is 0. The van der Waals surface area contributed by atoms with Gasteiger partial charge in [-0.15, -0.1) is 0 Å². The Bertz CT molecular complexity index is 526. The van der Waals surface area contributed by atoms with Gasteiger partial charge in [0.1, 0.15) is 5.82 Å². The standard InChI is InChI=1S/C15H25N5/c1-5-13(4)19-9-7-15(18-19)16-10-14-6-8-17-20(14)11-12(2)3/h6-9,12-13H,5,10-11H2,1-4H3,(H,16,18). The molecule has 0 aliphatic carbocycles. The highest BCUT2D eigenvalue weighted by Crippen LogP contribution is 2.13. The van der Waals surface area contributed by atoms with Gasteiger partial charge in [0.2, 0.25) is 0 Å². The zero-order valence-corrected chi connectivity index (χ0v) is 12.9. The minimum Gasteiger partial charge on any atom is -0.363 e. The summed E-state index contributed by atoms with van der Waals surface area (Å²) in [5.74, 6) is 1.51. The van der Waals surface area contributed by atoms with Gasteiger partial charge in [0.25, 0.3) is 0 Å². The molecule has 2 heterocycles. The summed E-state index contributed by atoms with van der Waals surface area (Å²) < 4.78 is 4.07. The van der Waals surface area contributed by atoms with Crippen molar-refractivity contribution in [1.82, 2.24) is 19.6 Å². The molecule has 0 aliphatic rings. The summed E-state index contributed by atoms with van der Waals surface area (Å²) >= 11 is 0. The number of hydrogen-bond donors (Lipinski definition) is 1. The van der Waals surface area contributed by atoms with Crippen molar-refractivity contribution in [2.24, 2.45) is 5.92 Å². The van der Waals surface area contributed by atoms with Gasteiger partial charge in [0.15, 0.2) is 0 Å². The van der Waals surface area contributed by atoms with E-state index in [4.69, 9.17) is 0 Å². The van der Waals surface area contributed by atoms with E-state index < -0.39 is 0 Å². The average molecular weight is 275 g/mol. The zero-order valence-electron chi connectivity index (χ0n) is 12.9. The molecule has 0 aliphatic heterocycles. The van der Waals surface area contributed by atoms with E-state index in [-0.39, 0.29) is 0 Å². The second-order valence-corrected chi connectivity index (χ2v) is 5.69. The first-order valence-corrected chi connectivity index (χ1v) is 7.39. The molecule has 20 heavy (non-hydrogen) atoms. The van der Waals surface area contributed by atoms with Gasteiger partial charge in [-0.2, -0.15) is 10.2 Å². The van der Waals surface area contributed by atoms with Gasteiger partial charge >= 0.3 is 0 Å². The van der Waals surface area contributed by atoms with E-state index >= 15 is 0 Å². The van der Waals surface area contributed by atoms with Crippen LogP contribution in [0.15, 0.2) is 24.5 Å². The Balaban J connectivity index is 1.95. The second-order valence-electron chi connectivity index (χ2n) is 5.69. The highest BCUT2D eigenvalue weighted by atomic mass is 15.3. The fourth-order valence-corrected chi connectivity index (χ4v) is 2.07. The van der Waals surface area contributed by atoms with Crippen molar-refractivity contribution in [2.45, 2.75) is 53.2 Å². The summed E-state index contributed by atoms with van der Waals surface area (Å²) in [5.41, 5.74) is 1.19. The van der Waals surface area contributed by atoms with E-state index in [1.54, 1.807) is 0 Å². The van der Waals surface area contributed by atoms with Crippen LogP contribution in [-0.2, 0) is 13.1 Å². The predicted octanol–water partition coefficient (Wildman–Crippen LogP) is 3.32. The molecule has 2 aromatic rings. The lowest BCUT2D eigenvalue weighted by Gasteiger charge is -2.11. The molecule has 0 spiro atoms. The highest BCUT2D eigenvalue weighted by molar-refractivity contribution is 5.33. The molecular formula is C15H25N5. The molecule has 5 heteroatoms. The Morgan fingerprint density at radius 3 is 2.75 bits per heavy atom. The molecular weight excluding hydrogens is 250 g/mol. The average Bonchev–Trinajstić information content (AvgIpc) is 3.04. The van der Waals surface area contributed by atoms with E-state index in [0.717, 1.165) is 25.3 Å². The van der Waals surface area contributed by atoms with Crippen LogP contribution >= 0.6 is 0 Å². The van der Waals surface area contributed by atoms with Crippen LogP contribution in [0.3, 0.4) is 0 Å². The highest BCUT2D eigenvalue weighted by Gasteiger charge is 2.07. The van der Waals surface area contributed by atoms with Gasteiger partial charge in [-0.1, -0.05) is 20.8 Å². The molecule has 1 atom stereocenters. The van der Waals surface area contributed by atoms with Crippen LogP contribution in [0.2, 0.25) is 0 Å². The van der Waals surface area contributed by atoms with Crippen LogP contribution in [0.1, 0.15) is 45.9 Å². The van der Waals surface area contributed by atoms with Crippen LogP contribution in [0.4, 0.5) is 5.82 Å². The Morgan fingerprint density at radius 2 is 2.05 bits per heavy atom. The maximum absolute atomic E-state index is 4.55. The normalized spacial score (nSPS) is 12.8. The summed E-state index contributed by atoms with van der Waals surface area (Å²) in [7, 11) is 0. The third-order valence-corrected chi connectivity index (χ3v) is 3.44. The summed E-state index contributed by atoms with van der Waals surface area (Å²) in [6, 6.07) is 4.52. The molecule has 1 N–H and O–H groups in total. The molecule has 0 fully saturated rings. The van der Waals surface area contributed by atoms with Gasteiger partial charge < -0.3 is 5.32 Å². The number of hydrogen-bond acceptors (Lipinski definition) is 3. The maximum atomic E-state index is 4.55. The Kier molecular flexibility index (Phi) is 4.82. The van der Waals surface area contributed by atoms with Gasteiger partial charge in [-0.05, 0) is 25.3 Å². The fourth-order valence-electron chi connectivity index (χ4n) is 2.07.